The van der Waals surface area contributed by atoms with Crippen molar-refractivity contribution in [1.29, 1.82) is 0 Å². The Morgan fingerprint density at radius 2 is 1.91 bits per heavy atom. The third-order valence-electron chi connectivity index (χ3n) is 3.88. The molecule has 0 spiro atoms. The lowest BCUT2D eigenvalue weighted by molar-refractivity contribution is 0.102. The molecule has 1 aromatic heterocycles. The maximum absolute atomic E-state index is 12.5. The highest BCUT2D eigenvalue weighted by Gasteiger charge is 2.10. The minimum atomic E-state index is -0.0963. The molecule has 0 bridgehead atoms. The van der Waals surface area contributed by atoms with Crippen molar-refractivity contribution in [2.45, 2.75) is 20.3 Å². The van der Waals surface area contributed by atoms with E-state index in [4.69, 9.17) is 0 Å². The van der Waals surface area contributed by atoms with Crippen molar-refractivity contribution in [3.8, 4) is 5.69 Å². The van der Waals surface area contributed by atoms with Gasteiger partial charge in [-0.2, -0.15) is 5.10 Å². The number of benzene rings is 2. The van der Waals surface area contributed by atoms with Crippen LogP contribution < -0.4 is 5.32 Å². The second-order valence-corrected chi connectivity index (χ2v) is 5.41. The van der Waals surface area contributed by atoms with Gasteiger partial charge in [-0.05, 0) is 54.8 Å². The fourth-order valence-corrected chi connectivity index (χ4v) is 2.57. The molecule has 0 saturated heterocycles. The number of nitrogens with zero attached hydrogens (tertiary/aromatic N) is 2. The largest absolute Gasteiger partial charge is 0.321 e. The predicted octanol–water partition coefficient (Wildman–Crippen LogP) is 4.00. The van der Waals surface area contributed by atoms with E-state index in [-0.39, 0.29) is 5.91 Å². The second-order valence-electron chi connectivity index (χ2n) is 5.41. The van der Waals surface area contributed by atoms with Crippen molar-refractivity contribution in [2.24, 2.45) is 0 Å². The molecule has 0 atom stereocenters. The van der Waals surface area contributed by atoms with Gasteiger partial charge >= 0.3 is 0 Å². The summed E-state index contributed by atoms with van der Waals surface area (Å²) in [6.07, 6.45) is 4.48. The molecule has 4 heteroatoms. The van der Waals surface area contributed by atoms with Crippen LogP contribution in [-0.4, -0.2) is 15.7 Å². The second kappa shape index (κ2) is 6.48. The van der Waals surface area contributed by atoms with Gasteiger partial charge in [0.15, 0.2) is 0 Å². The van der Waals surface area contributed by atoms with E-state index < -0.39 is 0 Å². The summed E-state index contributed by atoms with van der Waals surface area (Å²) in [4.78, 5) is 12.5. The van der Waals surface area contributed by atoms with E-state index in [2.05, 4.69) is 17.3 Å². The summed E-state index contributed by atoms with van der Waals surface area (Å²) in [5.41, 5.74) is 4.69. The van der Waals surface area contributed by atoms with E-state index in [9.17, 15) is 4.79 Å². The molecule has 2 aromatic carbocycles. The van der Waals surface area contributed by atoms with Crippen molar-refractivity contribution in [2.75, 3.05) is 5.32 Å². The maximum Gasteiger partial charge on any atom is 0.255 e. The molecular formula is C19H19N3O. The lowest BCUT2D eigenvalue weighted by Gasteiger charge is -2.13. The molecule has 0 fully saturated rings. The van der Waals surface area contributed by atoms with E-state index in [0.717, 1.165) is 28.9 Å². The molecular weight excluding hydrogens is 286 g/mol. The van der Waals surface area contributed by atoms with E-state index in [1.165, 1.54) is 0 Å². The van der Waals surface area contributed by atoms with Crippen LogP contribution in [0.25, 0.3) is 5.69 Å². The number of rotatable bonds is 4. The van der Waals surface area contributed by atoms with Gasteiger partial charge in [0.2, 0.25) is 0 Å². The summed E-state index contributed by atoms with van der Waals surface area (Å²) in [6.45, 7) is 4.10. The summed E-state index contributed by atoms with van der Waals surface area (Å²) >= 11 is 0. The Balaban J connectivity index is 1.82. The maximum atomic E-state index is 12.5. The molecule has 23 heavy (non-hydrogen) atoms. The van der Waals surface area contributed by atoms with Gasteiger partial charge in [-0.1, -0.05) is 25.1 Å². The van der Waals surface area contributed by atoms with Crippen LogP contribution in [0.5, 0.6) is 0 Å². The Hall–Kier alpha value is -2.88. The Morgan fingerprint density at radius 3 is 2.57 bits per heavy atom. The standard InChI is InChI=1S/C19H19N3O/c1-3-15-7-4-6-14(2)18(15)21-19(23)16-8-10-17(11-9-16)22-13-5-12-20-22/h4-13H,3H2,1-2H3,(H,21,23). The van der Waals surface area contributed by atoms with Gasteiger partial charge in [0, 0.05) is 23.6 Å². The summed E-state index contributed by atoms with van der Waals surface area (Å²) in [6, 6.07) is 15.3. The first kappa shape index (κ1) is 15.0. The average molecular weight is 305 g/mol. The van der Waals surface area contributed by atoms with Gasteiger partial charge in [0.1, 0.15) is 0 Å². The first-order chi connectivity index (χ1) is 11.2. The van der Waals surface area contributed by atoms with E-state index in [1.807, 2.05) is 61.7 Å². The van der Waals surface area contributed by atoms with Crippen molar-refractivity contribution >= 4 is 11.6 Å². The SMILES string of the molecule is CCc1cccc(C)c1NC(=O)c1ccc(-n2cccn2)cc1. The first-order valence-electron chi connectivity index (χ1n) is 7.69. The zero-order chi connectivity index (χ0) is 16.2. The minimum absolute atomic E-state index is 0.0963. The molecule has 1 amide bonds. The number of hydrogen-bond acceptors (Lipinski definition) is 2. The van der Waals surface area contributed by atoms with Gasteiger partial charge in [-0.3, -0.25) is 4.79 Å². The summed E-state index contributed by atoms with van der Waals surface area (Å²) in [5.74, 6) is -0.0963. The summed E-state index contributed by atoms with van der Waals surface area (Å²) in [5, 5.41) is 7.22. The molecule has 1 heterocycles. The van der Waals surface area contributed by atoms with Gasteiger partial charge in [0.05, 0.1) is 5.69 Å². The van der Waals surface area contributed by atoms with Crippen LogP contribution in [0.4, 0.5) is 5.69 Å². The third kappa shape index (κ3) is 3.16. The van der Waals surface area contributed by atoms with Crippen LogP contribution in [0.2, 0.25) is 0 Å². The fraction of sp³-hybridized carbons (Fsp3) is 0.158. The molecule has 0 radical (unpaired) electrons. The topological polar surface area (TPSA) is 46.9 Å². The number of hydrogen-bond donors (Lipinski definition) is 1. The van der Waals surface area contributed by atoms with E-state index in [1.54, 1.807) is 10.9 Å². The number of anilines is 1. The Labute approximate surface area is 135 Å². The summed E-state index contributed by atoms with van der Waals surface area (Å²) < 4.78 is 1.76. The van der Waals surface area contributed by atoms with Gasteiger partial charge in [-0.15, -0.1) is 0 Å². The van der Waals surface area contributed by atoms with Crippen molar-refractivity contribution in [3.05, 3.63) is 77.6 Å². The van der Waals surface area contributed by atoms with Gasteiger partial charge < -0.3 is 5.32 Å². The van der Waals surface area contributed by atoms with E-state index in [0.29, 0.717) is 5.56 Å². The Kier molecular flexibility index (Phi) is 4.24. The quantitative estimate of drug-likeness (QED) is 0.792. The smallest absolute Gasteiger partial charge is 0.255 e. The molecule has 0 aliphatic rings. The number of aryl methyl sites for hydroxylation is 2. The van der Waals surface area contributed by atoms with Gasteiger partial charge in [-0.25, -0.2) is 4.68 Å². The highest BCUT2D eigenvalue weighted by Crippen LogP contribution is 2.22. The predicted molar refractivity (Wildman–Crippen MR) is 92.1 cm³/mol. The van der Waals surface area contributed by atoms with Crippen LogP contribution in [0.1, 0.15) is 28.4 Å². The molecule has 1 N–H and O–H groups in total. The lowest BCUT2D eigenvalue weighted by atomic mass is 10.1. The highest BCUT2D eigenvalue weighted by molar-refractivity contribution is 6.05. The number of nitrogens with one attached hydrogen (secondary N) is 1. The zero-order valence-electron chi connectivity index (χ0n) is 13.3. The van der Waals surface area contributed by atoms with Crippen LogP contribution in [-0.2, 0) is 6.42 Å². The molecule has 3 aromatic rings. The van der Waals surface area contributed by atoms with Crippen LogP contribution in [0.3, 0.4) is 0 Å². The molecule has 116 valence electrons. The highest BCUT2D eigenvalue weighted by atomic mass is 16.1. The molecule has 0 saturated carbocycles. The molecule has 3 rings (SSSR count). The van der Waals surface area contributed by atoms with Crippen LogP contribution in [0.15, 0.2) is 60.9 Å². The first-order valence-corrected chi connectivity index (χ1v) is 7.69. The number of carbonyl (C=O) groups is 1. The zero-order valence-corrected chi connectivity index (χ0v) is 13.3. The molecule has 0 unspecified atom stereocenters. The molecule has 0 aliphatic carbocycles. The number of aromatic nitrogens is 2. The van der Waals surface area contributed by atoms with Gasteiger partial charge in [0.25, 0.3) is 5.91 Å². The molecule has 0 aliphatic heterocycles. The third-order valence-corrected chi connectivity index (χ3v) is 3.88. The van der Waals surface area contributed by atoms with Crippen LogP contribution >= 0.6 is 0 Å². The monoisotopic (exact) mass is 305 g/mol. The minimum Gasteiger partial charge on any atom is -0.321 e. The number of para-hydroxylation sites is 1. The van der Waals surface area contributed by atoms with Crippen molar-refractivity contribution < 1.29 is 4.79 Å². The van der Waals surface area contributed by atoms with E-state index >= 15 is 0 Å². The van der Waals surface area contributed by atoms with Crippen molar-refractivity contribution in [3.63, 3.8) is 0 Å². The fourth-order valence-electron chi connectivity index (χ4n) is 2.57. The number of carbonyl (C=O) groups excluding carboxylic acids is 1. The normalized spacial score (nSPS) is 10.5. The summed E-state index contributed by atoms with van der Waals surface area (Å²) in [7, 11) is 0. The Bertz CT molecular complexity index is 805. The average Bonchev–Trinajstić information content (AvgIpc) is 3.11. The Morgan fingerprint density at radius 1 is 1.13 bits per heavy atom. The van der Waals surface area contributed by atoms with Crippen LogP contribution in [0, 0.1) is 6.92 Å². The lowest BCUT2D eigenvalue weighted by Crippen LogP contribution is -2.14. The number of amides is 1. The van der Waals surface area contributed by atoms with Crippen molar-refractivity contribution in [1.82, 2.24) is 9.78 Å². The molecule has 4 nitrogen and oxygen atoms in total.